The number of anilines is 1. The van der Waals surface area contributed by atoms with Gasteiger partial charge in [-0.05, 0) is 12.1 Å². The lowest BCUT2D eigenvalue weighted by Gasteiger charge is -2.12. The molecular formula is C12H16N4O2S. The molecule has 0 bridgehead atoms. The maximum absolute atomic E-state index is 11.6. The van der Waals surface area contributed by atoms with Gasteiger partial charge < -0.3 is 5.32 Å². The molecule has 2 rings (SSSR count). The normalized spacial score (nSPS) is 11.9. The standard InChI is InChI=1S/C12H16N4O2S/c1-16(2)19(17,18)8-7-13-12-10-5-3-4-6-11(10)14-9-15-12/h3-6,9H,7-8H2,1-2H3,(H,13,14,15). The average Bonchev–Trinajstić information content (AvgIpc) is 2.38. The van der Waals surface area contributed by atoms with Crippen molar-refractivity contribution in [1.82, 2.24) is 14.3 Å². The van der Waals surface area contributed by atoms with Gasteiger partial charge in [0.1, 0.15) is 12.1 Å². The Morgan fingerprint density at radius 3 is 2.68 bits per heavy atom. The van der Waals surface area contributed by atoms with Crippen LogP contribution < -0.4 is 5.32 Å². The molecule has 0 saturated carbocycles. The predicted molar refractivity (Wildman–Crippen MR) is 75.5 cm³/mol. The van der Waals surface area contributed by atoms with Crippen LogP contribution in [0.1, 0.15) is 0 Å². The summed E-state index contributed by atoms with van der Waals surface area (Å²) in [6.07, 6.45) is 1.46. The summed E-state index contributed by atoms with van der Waals surface area (Å²) in [5.41, 5.74) is 0.829. The van der Waals surface area contributed by atoms with Crippen molar-refractivity contribution in [1.29, 1.82) is 0 Å². The van der Waals surface area contributed by atoms with E-state index in [1.54, 1.807) is 0 Å². The predicted octanol–water partition coefficient (Wildman–Crippen LogP) is 0.933. The molecule has 0 amide bonds. The number of nitrogens with one attached hydrogen (secondary N) is 1. The Morgan fingerprint density at radius 2 is 1.95 bits per heavy atom. The van der Waals surface area contributed by atoms with Gasteiger partial charge in [-0.15, -0.1) is 0 Å². The Morgan fingerprint density at radius 1 is 1.21 bits per heavy atom. The first-order chi connectivity index (χ1) is 9.00. The van der Waals surface area contributed by atoms with E-state index < -0.39 is 10.0 Å². The van der Waals surface area contributed by atoms with Gasteiger partial charge in [0.15, 0.2) is 0 Å². The SMILES string of the molecule is CN(C)S(=O)(=O)CCNc1ncnc2ccccc12. The van der Waals surface area contributed by atoms with Crippen molar-refractivity contribution >= 4 is 26.7 Å². The van der Waals surface area contributed by atoms with E-state index >= 15 is 0 Å². The first kappa shape index (κ1) is 13.7. The molecule has 7 heteroatoms. The van der Waals surface area contributed by atoms with Crippen LogP contribution in [0.4, 0.5) is 5.82 Å². The second-order valence-electron chi connectivity index (χ2n) is 4.26. The number of hydrogen-bond acceptors (Lipinski definition) is 5. The van der Waals surface area contributed by atoms with Crippen LogP contribution in [0, 0.1) is 0 Å². The van der Waals surface area contributed by atoms with Gasteiger partial charge in [-0.2, -0.15) is 0 Å². The fourth-order valence-electron chi connectivity index (χ4n) is 1.63. The lowest BCUT2D eigenvalue weighted by Crippen LogP contribution is -2.28. The monoisotopic (exact) mass is 280 g/mol. The number of nitrogens with zero attached hydrogens (tertiary/aromatic N) is 3. The molecule has 1 N–H and O–H groups in total. The molecule has 1 heterocycles. The van der Waals surface area contributed by atoms with Gasteiger partial charge in [0, 0.05) is 26.0 Å². The second-order valence-corrected chi connectivity index (χ2v) is 6.57. The number of fused-ring (bicyclic) bond motifs is 1. The van der Waals surface area contributed by atoms with Crippen LogP contribution in [-0.4, -0.2) is 49.1 Å². The summed E-state index contributed by atoms with van der Waals surface area (Å²) in [6.45, 7) is 0.307. The molecule has 102 valence electrons. The highest BCUT2D eigenvalue weighted by atomic mass is 32.2. The molecule has 0 radical (unpaired) electrons. The van der Waals surface area contributed by atoms with Crippen molar-refractivity contribution in [3.8, 4) is 0 Å². The number of aromatic nitrogens is 2. The maximum Gasteiger partial charge on any atom is 0.215 e. The third-order valence-electron chi connectivity index (χ3n) is 2.75. The van der Waals surface area contributed by atoms with Crippen LogP contribution >= 0.6 is 0 Å². The van der Waals surface area contributed by atoms with E-state index in [2.05, 4.69) is 15.3 Å². The van der Waals surface area contributed by atoms with E-state index in [9.17, 15) is 8.42 Å². The largest absolute Gasteiger partial charge is 0.368 e. The van der Waals surface area contributed by atoms with E-state index in [1.165, 1.54) is 24.7 Å². The number of sulfonamides is 1. The Balaban J connectivity index is 2.11. The molecule has 2 aromatic rings. The number of benzene rings is 1. The van der Waals surface area contributed by atoms with Gasteiger partial charge in [-0.3, -0.25) is 0 Å². The smallest absolute Gasteiger partial charge is 0.215 e. The summed E-state index contributed by atoms with van der Waals surface area (Å²) in [7, 11) is -0.148. The molecule has 0 atom stereocenters. The zero-order valence-corrected chi connectivity index (χ0v) is 11.7. The highest BCUT2D eigenvalue weighted by molar-refractivity contribution is 7.89. The Labute approximate surface area is 112 Å². The fraction of sp³-hybridized carbons (Fsp3) is 0.333. The molecule has 1 aromatic heterocycles. The summed E-state index contributed by atoms with van der Waals surface area (Å²) in [6, 6.07) is 7.58. The first-order valence-corrected chi connectivity index (χ1v) is 7.45. The summed E-state index contributed by atoms with van der Waals surface area (Å²) >= 11 is 0. The van der Waals surface area contributed by atoms with E-state index in [-0.39, 0.29) is 5.75 Å². The van der Waals surface area contributed by atoms with Gasteiger partial charge in [-0.1, -0.05) is 12.1 Å². The summed E-state index contributed by atoms with van der Waals surface area (Å²) in [5.74, 6) is 0.678. The highest BCUT2D eigenvalue weighted by Gasteiger charge is 2.13. The van der Waals surface area contributed by atoms with Gasteiger partial charge in [0.25, 0.3) is 0 Å². The van der Waals surface area contributed by atoms with Crippen LogP contribution in [0.25, 0.3) is 10.9 Å². The molecule has 0 aliphatic heterocycles. The molecule has 0 fully saturated rings. The zero-order chi connectivity index (χ0) is 13.9. The average molecular weight is 280 g/mol. The third kappa shape index (κ3) is 3.18. The van der Waals surface area contributed by atoms with Gasteiger partial charge in [0.05, 0.1) is 11.3 Å². The van der Waals surface area contributed by atoms with Crippen LogP contribution in [0.15, 0.2) is 30.6 Å². The lowest BCUT2D eigenvalue weighted by molar-refractivity contribution is 0.521. The first-order valence-electron chi connectivity index (χ1n) is 5.84. The van der Waals surface area contributed by atoms with Gasteiger partial charge >= 0.3 is 0 Å². The highest BCUT2D eigenvalue weighted by Crippen LogP contribution is 2.17. The number of hydrogen-bond donors (Lipinski definition) is 1. The third-order valence-corrected chi connectivity index (χ3v) is 4.58. The van der Waals surface area contributed by atoms with E-state index in [1.807, 2.05) is 24.3 Å². The van der Waals surface area contributed by atoms with E-state index in [0.29, 0.717) is 12.4 Å². The molecular weight excluding hydrogens is 264 g/mol. The minimum atomic E-state index is -3.19. The molecule has 0 unspecified atom stereocenters. The van der Waals surface area contributed by atoms with Crippen molar-refractivity contribution in [3.05, 3.63) is 30.6 Å². The molecule has 0 aliphatic carbocycles. The lowest BCUT2D eigenvalue weighted by atomic mass is 10.2. The quantitative estimate of drug-likeness (QED) is 0.882. The fourth-order valence-corrected chi connectivity index (χ4v) is 2.35. The molecule has 0 saturated heterocycles. The Kier molecular flexibility index (Phi) is 3.96. The minimum absolute atomic E-state index is 0.0261. The Hall–Kier alpha value is -1.73. The van der Waals surface area contributed by atoms with Crippen molar-refractivity contribution in [3.63, 3.8) is 0 Å². The topological polar surface area (TPSA) is 75.2 Å². The summed E-state index contributed by atoms with van der Waals surface area (Å²) < 4.78 is 24.5. The maximum atomic E-state index is 11.6. The molecule has 6 nitrogen and oxygen atoms in total. The summed E-state index contributed by atoms with van der Waals surface area (Å²) in [4.78, 5) is 8.29. The van der Waals surface area contributed by atoms with Crippen LogP contribution in [0.3, 0.4) is 0 Å². The van der Waals surface area contributed by atoms with Crippen LogP contribution in [-0.2, 0) is 10.0 Å². The molecule has 19 heavy (non-hydrogen) atoms. The number of para-hydroxylation sites is 1. The number of rotatable bonds is 5. The Bertz CT molecular complexity index is 665. The van der Waals surface area contributed by atoms with E-state index in [0.717, 1.165) is 10.9 Å². The second kappa shape index (κ2) is 5.50. The van der Waals surface area contributed by atoms with Crippen molar-refractivity contribution in [2.75, 3.05) is 31.7 Å². The van der Waals surface area contributed by atoms with Gasteiger partial charge in [-0.25, -0.2) is 22.7 Å². The molecule has 0 spiro atoms. The van der Waals surface area contributed by atoms with Crippen molar-refractivity contribution in [2.45, 2.75) is 0 Å². The van der Waals surface area contributed by atoms with E-state index in [4.69, 9.17) is 0 Å². The molecule has 0 aliphatic rings. The van der Waals surface area contributed by atoms with Crippen LogP contribution in [0.5, 0.6) is 0 Å². The zero-order valence-electron chi connectivity index (χ0n) is 10.9. The van der Waals surface area contributed by atoms with Crippen molar-refractivity contribution in [2.24, 2.45) is 0 Å². The van der Waals surface area contributed by atoms with Gasteiger partial charge in [0.2, 0.25) is 10.0 Å². The van der Waals surface area contributed by atoms with Crippen molar-refractivity contribution < 1.29 is 8.42 Å². The van der Waals surface area contributed by atoms with Crippen LogP contribution in [0.2, 0.25) is 0 Å². The summed E-state index contributed by atoms with van der Waals surface area (Å²) in [5, 5.41) is 3.92. The molecule has 1 aromatic carbocycles. The minimum Gasteiger partial charge on any atom is -0.368 e.